The molecule has 0 aromatic carbocycles. The number of pyridine rings is 1. The lowest BCUT2D eigenvalue weighted by molar-refractivity contribution is 0.877. The molecule has 4 nitrogen and oxygen atoms in total. The maximum Gasteiger partial charge on any atom is 0.189 e. The first-order chi connectivity index (χ1) is 7.24. The van der Waals surface area contributed by atoms with Crippen molar-refractivity contribution >= 4 is 29.9 Å². The van der Waals surface area contributed by atoms with E-state index in [0.29, 0.717) is 18.5 Å². The standard InChI is InChI=1S/C11H16N4.HI/c1-8-4-9(6-13-5-8)7-14-11(12)15-10-2-3-10;/h4-6,10H,2-3,7H2,1H3,(H3,12,14,15);1H. The maximum atomic E-state index is 5.72. The third kappa shape index (κ3) is 4.34. The molecular weight excluding hydrogens is 315 g/mol. The van der Waals surface area contributed by atoms with Crippen LogP contribution >= 0.6 is 24.0 Å². The van der Waals surface area contributed by atoms with E-state index in [0.717, 1.165) is 11.1 Å². The van der Waals surface area contributed by atoms with Gasteiger partial charge in [-0.2, -0.15) is 0 Å². The highest BCUT2D eigenvalue weighted by molar-refractivity contribution is 14.0. The van der Waals surface area contributed by atoms with Crippen LogP contribution in [-0.2, 0) is 6.54 Å². The van der Waals surface area contributed by atoms with Crippen molar-refractivity contribution in [3.8, 4) is 0 Å². The summed E-state index contributed by atoms with van der Waals surface area (Å²) in [5, 5.41) is 3.15. The van der Waals surface area contributed by atoms with Gasteiger partial charge < -0.3 is 11.1 Å². The second-order valence-corrected chi connectivity index (χ2v) is 3.99. The fraction of sp³-hybridized carbons (Fsp3) is 0.455. The van der Waals surface area contributed by atoms with E-state index in [1.54, 1.807) is 0 Å². The summed E-state index contributed by atoms with van der Waals surface area (Å²) in [5.41, 5.74) is 7.96. The first kappa shape index (κ1) is 13.2. The van der Waals surface area contributed by atoms with E-state index < -0.39 is 0 Å². The minimum atomic E-state index is 0. The monoisotopic (exact) mass is 332 g/mol. The smallest absolute Gasteiger partial charge is 0.189 e. The quantitative estimate of drug-likeness (QED) is 0.502. The van der Waals surface area contributed by atoms with Crippen molar-refractivity contribution in [2.45, 2.75) is 32.4 Å². The molecule has 0 radical (unpaired) electrons. The van der Waals surface area contributed by atoms with Gasteiger partial charge in [0.25, 0.3) is 0 Å². The summed E-state index contributed by atoms with van der Waals surface area (Å²) in [4.78, 5) is 8.36. The van der Waals surface area contributed by atoms with Crippen LogP contribution in [0.5, 0.6) is 0 Å². The number of nitrogens with zero attached hydrogens (tertiary/aromatic N) is 2. The van der Waals surface area contributed by atoms with Crippen molar-refractivity contribution in [1.82, 2.24) is 10.3 Å². The molecule has 88 valence electrons. The molecule has 0 unspecified atom stereocenters. The van der Waals surface area contributed by atoms with Crippen LogP contribution in [0.25, 0.3) is 0 Å². The van der Waals surface area contributed by atoms with Gasteiger partial charge in [-0.1, -0.05) is 6.07 Å². The van der Waals surface area contributed by atoms with Crippen molar-refractivity contribution in [3.05, 3.63) is 29.6 Å². The van der Waals surface area contributed by atoms with Crippen LogP contribution in [0.4, 0.5) is 0 Å². The van der Waals surface area contributed by atoms with E-state index in [4.69, 9.17) is 5.73 Å². The fourth-order valence-corrected chi connectivity index (χ4v) is 1.36. The van der Waals surface area contributed by atoms with E-state index in [1.807, 2.05) is 19.3 Å². The number of aromatic nitrogens is 1. The van der Waals surface area contributed by atoms with Crippen LogP contribution in [0.3, 0.4) is 0 Å². The molecule has 0 atom stereocenters. The number of aliphatic imine (C=N–C) groups is 1. The normalized spacial score (nSPS) is 15.4. The molecule has 1 aromatic heterocycles. The maximum absolute atomic E-state index is 5.72. The van der Waals surface area contributed by atoms with Crippen molar-refractivity contribution in [3.63, 3.8) is 0 Å². The molecule has 0 saturated heterocycles. The van der Waals surface area contributed by atoms with Gasteiger partial charge in [0, 0.05) is 18.4 Å². The van der Waals surface area contributed by atoms with Gasteiger partial charge in [-0.25, -0.2) is 4.99 Å². The Balaban J connectivity index is 0.00000128. The highest BCUT2D eigenvalue weighted by Crippen LogP contribution is 2.18. The average molecular weight is 332 g/mol. The Morgan fingerprint density at radius 2 is 2.31 bits per heavy atom. The number of halogens is 1. The third-order valence-corrected chi connectivity index (χ3v) is 2.29. The zero-order chi connectivity index (χ0) is 10.7. The second-order valence-electron chi connectivity index (χ2n) is 3.99. The minimum absolute atomic E-state index is 0. The van der Waals surface area contributed by atoms with Crippen LogP contribution in [-0.4, -0.2) is 17.0 Å². The fourth-order valence-electron chi connectivity index (χ4n) is 1.36. The first-order valence-electron chi connectivity index (χ1n) is 5.21. The Morgan fingerprint density at radius 1 is 1.56 bits per heavy atom. The van der Waals surface area contributed by atoms with E-state index in [1.165, 1.54) is 12.8 Å². The summed E-state index contributed by atoms with van der Waals surface area (Å²) < 4.78 is 0. The molecule has 1 saturated carbocycles. The topological polar surface area (TPSA) is 63.3 Å². The van der Waals surface area contributed by atoms with Gasteiger partial charge in [0.2, 0.25) is 0 Å². The summed E-state index contributed by atoms with van der Waals surface area (Å²) in [6.07, 6.45) is 6.07. The van der Waals surface area contributed by atoms with Gasteiger partial charge in [-0.3, -0.25) is 4.98 Å². The van der Waals surface area contributed by atoms with Crippen molar-refractivity contribution in [1.29, 1.82) is 0 Å². The lowest BCUT2D eigenvalue weighted by Crippen LogP contribution is -2.33. The highest BCUT2D eigenvalue weighted by Gasteiger charge is 2.21. The number of hydrogen-bond donors (Lipinski definition) is 2. The molecule has 1 heterocycles. The van der Waals surface area contributed by atoms with Crippen LogP contribution in [0.15, 0.2) is 23.5 Å². The molecule has 1 aromatic rings. The van der Waals surface area contributed by atoms with E-state index >= 15 is 0 Å². The second kappa shape index (κ2) is 6.03. The number of rotatable bonds is 3. The lowest BCUT2D eigenvalue weighted by Gasteiger charge is -2.03. The molecular formula is C11H17IN4. The lowest BCUT2D eigenvalue weighted by atomic mass is 10.2. The molecule has 2 rings (SSSR count). The van der Waals surface area contributed by atoms with Crippen molar-refractivity contribution in [2.75, 3.05) is 0 Å². The number of aryl methyl sites for hydroxylation is 1. The predicted molar refractivity (Wildman–Crippen MR) is 75.9 cm³/mol. The summed E-state index contributed by atoms with van der Waals surface area (Å²) in [7, 11) is 0. The van der Waals surface area contributed by atoms with Gasteiger partial charge in [-0.05, 0) is 30.9 Å². The van der Waals surface area contributed by atoms with E-state index in [-0.39, 0.29) is 24.0 Å². The summed E-state index contributed by atoms with van der Waals surface area (Å²) in [6.45, 7) is 2.62. The van der Waals surface area contributed by atoms with E-state index in [9.17, 15) is 0 Å². The van der Waals surface area contributed by atoms with Crippen molar-refractivity contribution < 1.29 is 0 Å². The molecule has 0 spiro atoms. The first-order valence-corrected chi connectivity index (χ1v) is 5.21. The SMILES string of the molecule is Cc1cncc(CN=C(N)NC2CC2)c1.I. The minimum Gasteiger partial charge on any atom is -0.370 e. The highest BCUT2D eigenvalue weighted by atomic mass is 127. The van der Waals surface area contributed by atoms with Crippen LogP contribution in [0.1, 0.15) is 24.0 Å². The average Bonchev–Trinajstić information content (AvgIpc) is 2.99. The number of nitrogens with two attached hydrogens (primary N) is 1. The number of hydrogen-bond acceptors (Lipinski definition) is 2. The largest absolute Gasteiger partial charge is 0.370 e. The molecule has 0 aliphatic heterocycles. The van der Waals surface area contributed by atoms with Gasteiger partial charge in [0.05, 0.1) is 6.54 Å². The molecule has 1 aliphatic rings. The Bertz CT molecular complexity index is 374. The molecule has 1 aliphatic carbocycles. The van der Waals surface area contributed by atoms with E-state index in [2.05, 4.69) is 21.4 Å². The van der Waals surface area contributed by atoms with Crippen LogP contribution < -0.4 is 11.1 Å². The van der Waals surface area contributed by atoms with Crippen LogP contribution in [0, 0.1) is 6.92 Å². The Hall–Kier alpha value is -0.850. The summed E-state index contributed by atoms with van der Waals surface area (Å²) in [6, 6.07) is 2.63. The zero-order valence-electron chi connectivity index (χ0n) is 9.31. The molecule has 0 bridgehead atoms. The number of guanidine groups is 1. The molecule has 3 N–H and O–H groups in total. The molecule has 0 amide bonds. The number of nitrogens with one attached hydrogen (secondary N) is 1. The van der Waals surface area contributed by atoms with Gasteiger partial charge in [-0.15, -0.1) is 24.0 Å². The summed E-state index contributed by atoms with van der Waals surface area (Å²) in [5.74, 6) is 0.541. The van der Waals surface area contributed by atoms with Gasteiger partial charge >= 0.3 is 0 Å². The molecule has 1 fully saturated rings. The zero-order valence-corrected chi connectivity index (χ0v) is 11.6. The third-order valence-electron chi connectivity index (χ3n) is 2.29. The van der Waals surface area contributed by atoms with Gasteiger partial charge in [0.15, 0.2) is 5.96 Å². The van der Waals surface area contributed by atoms with Gasteiger partial charge in [0.1, 0.15) is 0 Å². The summed E-state index contributed by atoms with van der Waals surface area (Å²) >= 11 is 0. The van der Waals surface area contributed by atoms with Crippen LogP contribution in [0.2, 0.25) is 0 Å². The Morgan fingerprint density at radius 3 is 2.94 bits per heavy atom. The molecule has 5 heteroatoms. The molecule has 16 heavy (non-hydrogen) atoms. The van der Waals surface area contributed by atoms with Crippen molar-refractivity contribution in [2.24, 2.45) is 10.7 Å². The Kier molecular flexibility index (Phi) is 4.98. The predicted octanol–water partition coefficient (Wildman–Crippen LogP) is 1.57. The Labute approximate surface area is 113 Å².